The van der Waals surface area contributed by atoms with Crippen molar-refractivity contribution in [1.29, 1.82) is 0 Å². The van der Waals surface area contributed by atoms with Crippen LogP contribution in [-0.2, 0) is 10.0 Å². The van der Waals surface area contributed by atoms with E-state index in [-0.39, 0.29) is 0 Å². The molecule has 0 radical (unpaired) electrons. The number of anilines is 2. The van der Waals surface area contributed by atoms with Crippen molar-refractivity contribution in [3.8, 4) is 0 Å². The predicted octanol–water partition coefficient (Wildman–Crippen LogP) is 2.00. The maximum Gasteiger partial charge on any atom is 0.233 e. The van der Waals surface area contributed by atoms with E-state index in [9.17, 15) is 8.42 Å². The maximum atomic E-state index is 11.5. The van der Waals surface area contributed by atoms with Crippen LogP contribution in [0, 0.1) is 6.92 Å². The molecule has 0 aromatic carbocycles. The van der Waals surface area contributed by atoms with E-state index in [2.05, 4.69) is 24.1 Å². The summed E-state index contributed by atoms with van der Waals surface area (Å²) in [6.07, 6.45) is 2.14. The van der Waals surface area contributed by atoms with Crippen LogP contribution in [0.3, 0.4) is 0 Å². The highest BCUT2D eigenvalue weighted by molar-refractivity contribution is 7.92. The lowest BCUT2D eigenvalue weighted by atomic mass is 10.2. The summed E-state index contributed by atoms with van der Waals surface area (Å²) in [5.74, 6) is 1.14. The van der Waals surface area contributed by atoms with Crippen LogP contribution in [0.2, 0.25) is 0 Å². The Bertz CT molecular complexity index is 514. The molecule has 0 saturated carbocycles. The number of aryl methyl sites for hydroxylation is 1. The summed E-state index contributed by atoms with van der Waals surface area (Å²) in [5.41, 5.74) is 0.973. The first-order valence-corrected chi connectivity index (χ1v) is 7.78. The Labute approximate surface area is 109 Å². The van der Waals surface area contributed by atoms with Gasteiger partial charge >= 0.3 is 0 Å². The summed E-state index contributed by atoms with van der Waals surface area (Å²) >= 11 is 0. The van der Waals surface area contributed by atoms with Gasteiger partial charge in [-0.15, -0.1) is 0 Å². The van der Waals surface area contributed by atoms with Gasteiger partial charge in [0.15, 0.2) is 0 Å². The molecule has 18 heavy (non-hydrogen) atoms. The molecule has 0 bridgehead atoms. The maximum absolute atomic E-state index is 11.5. The van der Waals surface area contributed by atoms with Gasteiger partial charge < -0.3 is 5.32 Å². The average Bonchev–Trinajstić information content (AvgIpc) is 2.25. The number of nitrogens with one attached hydrogen (secondary N) is 1. The van der Waals surface area contributed by atoms with Crippen molar-refractivity contribution in [2.45, 2.75) is 33.2 Å². The van der Waals surface area contributed by atoms with E-state index >= 15 is 0 Å². The van der Waals surface area contributed by atoms with E-state index in [4.69, 9.17) is 0 Å². The minimum absolute atomic E-state index is 0.302. The van der Waals surface area contributed by atoms with Crippen LogP contribution in [0.4, 0.5) is 11.6 Å². The first-order chi connectivity index (χ1) is 8.24. The average molecular weight is 271 g/mol. The van der Waals surface area contributed by atoms with Crippen molar-refractivity contribution in [2.75, 3.05) is 22.9 Å². The van der Waals surface area contributed by atoms with Crippen LogP contribution < -0.4 is 9.62 Å². The minimum Gasteiger partial charge on any atom is -0.368 e. The molecule has 0 aliphatic carbocycles. The van der Waals surface area contributed by atoms with E-state index in [0.29, 0.717) is 17.7 Å². The summed E-state index contributed by atoms with van der Waals surface area (Å²) < 4.78 is 24.2. The Hall–Kier alpha value is -1.30. The third kappa shape index (κ3) is 3.87. The van der Waals surface area contributed by atoms with Gasteiger partial charge in [0.1, 0.15) is 11.6 Å². The lowest BCUT2D eigenvalue weighted by molar-refractivity contribution is 0.600. The quantitative estimate of drug-likeness (QED) is 0.889. The number of pyridine rings is 1. The topological polar surface area (TPSA) is 62.3 Å². The molecule has 1 N–H and O–H groups in total. The molecule has 1 aromatic rings. The third-order valence-electron chi connectivity index (χ3n) is 2.78. The van der Waals surface area contributed by atoms with E-state index in [1.165, 1.54) is 17.6 Å². The van der Waals surface area contributed by atoms with Gasteiger partial charge in [-0.2, -0.15) is 0 Å². The largest absolute Gasteiger partial charge is 0.368 e. The Balaban J connectivity index is 3.08. The zero-order valence-electron chi connectivity index (χ0n) is 11.6. The Kier molecular flexibility index (Phi) is 4.56. The second kappa shape index (κ2) is 5.56. The number of rotatable bonds is 5. The fourth-order valence-corrected chi connectivity index (χ4v) is 1.84. The molecular weight excluding hydrogens is 250 g/mol. The van der Waals surface area contributed by atoms with Crippen LogP contribution in [-0.4, -0.2) is 32.7 Å². The highest BCUT2D eigenvalue weighted by atomic mass is 32.2. The second-order valence-corrected chi connectivity index (χ2v) is 6.59. The summed E-state index contributed by atoms with van der Waals surface area (Å²) in [7, 11) is -1.78. The van der Waals surface area contributed by atoms with E-state index in [1.807, 2.05) is 13.0 Å². The molecule has 1 atom stereocenters. The third-order valence-corrected chi connectivity index (χ3v) is 3.96. The first-order valence-electron chi connectivity index (χ1n) is 5.93. The zero-order valence-corrected chi connectivity index (χ0v) is 12.4. The SMILES string of the molecule is CC[C@H](C)Nc1cc(C)cc(N(C)S(C)(=O)=O)n1. The van der Waals surface area contributed by atoms with Crippen molar-refractivity contribution in [3.63, 3.8) is 0 Å². The van der Waals surface area contributed by atoms with Crippen LogP contribution in [0.15, 0.2) is 12.1 Å². The fraction of sp³-hybridized carbons (Fsp3) is 0.583. The van der Waals surface area contributed by atoms with E-state index in [1.54, 1.807) is 6.07 Å². The predicted molar refractivity (Wildman–Crippen MR) is 75.6 cm³/mol. The number of nitrogens with zero attached hydrogens (tertiary/aromatic N) is 2. The normalized spacial score (nSPS) is 13.2. The minimum atomic E-state index is -3.28. The van der Waals surface area contributed by atoms with Gasteiger partial charge in [0.05, 0.1) is 6.26 Å². The molecule has 0 amide bonds. The molecule has 0 aliphatic heterocycles. The molecule has 0 unspecified atom stereocenters. The standard InChI is InChI=1S/C12H21N3O2S/c1-6-10(3)13-11-7-9(2)8-12(14-11)15(4)18(5,16)17/h7-8,10H,6H2,1-5H3,(H,13,14)/t10-/m0/s1. The zero-order chi connectivity index (χ0) is 13.9. The lowest BCUT2D eigenvalue weighted by Gasteiger charge is -2.19. The molecule has 0 spiro atoms. The molecule has 6 heteroatoms. The Morgan fingerprint density at radius 3 is 2.56 bits per heavy atom. The van der Waals surface area contributed by atoms with Crippen molar-refractivity contribution >= 4 is 21.7 Å². The van der Waals surface area contributed by atoms with Gasteiger partial charge in [0, 0.05) is 13.1 Å². The summed E-state index contributed by atoms with van der Waals surface area (Å²) in [6.45, 7) is 6.06. The van der Waals surface area contributed by atoms with Gasteiger partial charge in [-0.1, -0.05) is 6.92 Å². The van der Waals surface area contributed by atoms with Gasteiger partial charge in [-0.05, 0) is 38.0 Å². The number of hydrogen-bond acceptors (Lipinski definition) is 4. The summed E-state index contributed by atoms with van der Waals surface area (Å²) in [6, 6.07) is 3.96. The van der Waals surface area contributed by atoms with Crippen molar-refractivity contribution in [2.24, 2.45) is 0 Å². The number of sulfonamides is 1. The molecule has 5 nitrogen and oxygen atoms in total. The van der Waals surface area contributed by atoms with Crippen LogP contribution in [0.25, 0.3) is 0 Å². The summed E-state index contributed by atoms with van der Waals surface area (Å²) in [5, 5.41) is 3.25. The number of hydrogen-bond donors (Lipinski definition) is 1. The molecule has 1 rings (SSSR count). The molecule has 1 aromatic heterocycles. The smallest absolute Gasteiger partial charge is 0.233 e. The molecule has 0 saturated heterocycles. The fourth-order valence-electron chi connectivity index (χ4n) is 1.41. The highest BCUT2D eigenvalue weighted by Gasteiger charge is 2.14. The highest BCUT2D eigenvalue weighted by Crippen LogP contribution is 2.19. The first kappa shape index (κ1) is 14.8. The molecule has 1 heterocycles. The second-order valence-electron chi connectivity index (χ2n) is 4.57. The van der Waals surface area contributed by atoms with Crippen LogP contribution in [0.5, 0.6) is 0 Å². The van der Waals surface area contributed by atoms with Crippen molar-refractivity contribution in [3.05, 3.63) is 17.7 Å². The van der Waals surface area contributed by atoms with Gasteiger partial charge in [-0.25, -0.2) is 13.4 Å². The monoisotopic (exact) mass is 271 g/mol. The number of aromatic nitrogens is 1. The van der Waals surface area contributed by atoms with E-state index in [0.717, 1.165) is 12.0 Å². The van der Waals surface area contributed by atoms with Crippen molar-refractivity contribution in [1.82, 2.24) is 4.98 Å². The Morgan fingerprint density at radius 1 is 1.44 bits per heavy atom. The van der Waals surface area contributed by atoms with E-state index < -0.39 is 10.0 Å². The molecular formula is C12H21N3O2S. The van der Waals surface area contributed by atoms with Crippen molar-refractivity contribution < 1.29 is 8.42 Å². The van der Waals surface area contributed by atoms with Gasteiger partial charge in [0.25, 0.3) is 0 Å². The lowest BCUT2D eigenvalue weighted by Crippen LogP contribution is -2.26. The molecule has 0 aliphatic rings. The van der Waals surface area contributed by atoms with Crippen LogP contribution in [0.1, 0.15) is 25.8 Å². The molecule has 102 valence electrons. The van der Waals surface area contributed by atoms with Gasteiger partial charge in [0.2, 0.25) is 10.0 Å². The van der Waals surface area contributed by atoms with Gasteiger partial charge in [-0.3, -0.25) is 4.31 Å². The molecule has 0 fully saturated rings. The van der Waals surface area contributed by atoms with Crippen LogP contribution >= 0.6 is 0 Å². The summed E-state index contributed by atoms with van der Waals surface area (Å²) in [4.78, 5) is 4.32. The Morgan fingerprint density at radius 2 is 2.06 bits per heavy atom.